The van der Waals surface area contributed by atoms with Crippen LogP contribution in [-0.4, -0.2) is 4.98 Å². The SMILES string of the molecule is N#Cc1ccccc1-c1cnc(Cl)c(Br)c1N. The van der Waals surface area contributed by atoms with Gasteiger partial charge in [-0.25, -0.2) is 4.98 Å². The maximum Gasteiger partial charge on any atom is 0.145 e. The minimum atomic E-state index is 0.306. The smallest absolute Gasteiger partial charge is 0.145 e. The van der Waals surface area contributed by atoms with E-state index in [9.17, 15) is 0 Å². The number of aromatic nitrogens is 1. The lowest BCUT2D eigenvalue weighted by atomic mass is 10.0. The first-order valence-corrected chi connectivity index (χ1v) is 5.91. The Morgan fingerprint density at radius 3 is 2.71 bits per heavy atom. The van der Waals surface area contributed by atoms with E-state index in [1.807, 2.05) is 12.1 Å². The number of nitrogen functional groups attached to an aromatic ring is 1. The molecule has 0 radical (unpaired) electrons. The third-order valence-electron chi connectivity index (χ3n) is 2.35. The van der Waals surface area contributed by atoms with Crippen molar-refractivity contribution in [1.82, 2.24) is 4.98 Å². The Hall–Kier alpha value is -1.57. The summed E-state index contributed by atoms with van der Waals surface area (Å²) in [6, 6.07) is 9.33. The van der Waals surface area contributed by atoms with Crippen molar-refractivity contribution in [2.75, 3.05) is 5.73 Å². The van der Waals surface area contributed by atoms with E-state index < -0.39 is 0 Å². The van der Waals surface area contributed by atoms with Crippen molar-refractivity contribution in [3.63, 3.8) is 0 Å². The van der Waals surface area contributed by atoms with Crippen molar-refractivity contribution in [2.45, 2.75) is 0 Å². The van der Waals surface area contributed by atoms with Gasteiger partial charge in [0.15, 0.2) is 0 Å². The molecule has 1 aromatic heterocycles. The molecule has 0 unspecified atom stereocenters. The molecular weight excluding hydrogens is 302 g/mol. The second kappa shape index (κ2) is 4.74. The Labute approximate surface area is 112 Å². The summed E-state index contributed by atoms with van der Waals surface area (Å²) in [4.78, 5) is 4.02. The molecule has 0 aliphatic heterocycles. The molecule has 1 heterocycles. The van der Waals surface area contributed by atoms with Crippen LogP contribution < -0.4 is 5.73 Å². The van der Waals surface area contributed by atoms with E-state index in [4.69, 9.17) is 22.6 Å². The number of hydrogen-bond donors (Lipinski definition) is 1. The van der Waals surface area contributed by atoms with E-state index in [1.54, 1.807) is 18.3 Å². The van der Waals surface area contributed by atoms with Crippen LogP contribution in [0.5, 0.6) is 0 Å². The molecular formula is C12H7BrClN3. The van der Waals surface area contributed by atoms with E-state index >= 15 is 0 Å². The van der Waals surface area contributed by atoms with Crippen molar-refractivity contribution in [3.05, 3.63) is 45.7 Å². The zero-order chi connectivity index (χ0) is 12.4. The molecule has 0 bridgehead atoms. The second-order valence-electron chi connectivity index (χ2n) is 3.35. The lowest BCUT2D eigenvalue weighted by Crippen LogP contribution is -1.95. The topological polar surface area (TPSA) is 62.7 Å². The maximum absolute atomic E-state index is 9.05. The van der Waals surface area contributed by atoms with E-state index in [0.717, 1.165) is 5.56 Å². The van der Waals surface area contributed by atoms with Gasteiger partial charge >= 0.3 is 0 Å². The third kappa shape index (κ3) is 2.12. The molecule has 2 N–H and O–H groups in total. The number of nitrogens with zero attached hydrogens (tertiary/aromatic N) is 2. The van der Waals surface area contributed by atoms with Crippen LogP contribution in [0.2, 0.25) is 5.15 Å². The predicted octanol–water partition coefficient (Wildman–Crippen LogP) is 3.62. The number of benzene rings is 1. The number of anilines is 1. The first-order chi connectivity index (χ1) is 8.15. The molecule has 1 aromatic carbocycles. The van der Waals surface area contributed by atoms with Gasteiger partial charge < -0.3 is 5.73 Å². The number of hydrogen-bond acceptors (Lipinski definition) is 3. The monoisotopic (exact) mass is 307 g/mol. The first kappa shape index (κ1) is 11.9. The molecule has 0 aliphatic rings. The number of pyridine rings is 1. The normalized spacial score (nSPS) is 9.94. The van der Waals surface area contributed by atoms with Gasteiger partial charge in [-0.15, -0.1) is 0 Å². The molecule has 84 valence electrons. The van der Waals surface area contributed by atoms with Gasteiger partial charge in [0.25, 0.3) is 0 Å². The summed E-state index contributed by atoms with van der Waals surface area (Å²) in [5.74, 6) is 0. The molecule has 5 heteroatoms. The summed E-state index contributed by atoms with van der Waals surface area (Å²) in [5, 5.41) is 9.35. The largest absolute Gasteiger partial charge is 0.397 e. The van der Waals surface area contributed by atoms with Gasteiger partial charge in [0, 0.05) is 17.3 Å². The average Bonchev–Trinajstić information content (AvgIpc) is 2.36. The number of nitrogens with two attached hydrogens (primary N) is 1. The van der Waals surface area contributed by atoms with Gasteiger partial charge in [0.2, 0.25) is 0 Å². The highest BCUT2D eigenvalue weighted by Crippen LogP contribution is 2.36. The summed E-state index contributed by atoms with van der Waals surface area (Å²) < 4.78 is 0.546. The van der Waals surface area contributed by atoms with Crippen molar-refractivity contribution in [3.8, 4) is 17.2 Å². The molecule has 0 saturated heterocycles. The molecule has 2 aromatic rings. The number of nitriles is 1. The van der Waals surface area contributed by atoms with E-state index in [2.05, 4.69) is 27.0 Å². The predicted molar refractivity (Wildman–Crippen MR) is 71.5 cm³/mol. The Balaban J connectivity index is 2.70. The fourth-order valence-electron chi connectivity index (χ4n) is 1.51. The van der Waals surface area contributed by atoms with Crippen LogP contribution in [0.1, 0.15) is 5.56 Å². The van der Waals surface area contributed by atoms with Crippen molar-refractivity contribution in [2.24, 2.45) is 0 Å². The summed E-state index contributed by atoms with van der Waals surface area (Å²) in [6.07, 6.45) is 1.57. The van der Waals surface area contributed by atoms with Gasteiger partial charge in [-0.3, -0.25) is 0 Å². The summed E-state index contributed by atoms with van der Waals surface area (Å²) in [7, 11) is 0. The Morgan fingerprint density at radius 2 is 2.00 bits per heavy atom. The highest BCUT2D eigenvalue weighted by Gasteiger charge is 2.12. The van der Waals surface area contributed by atoms with E-state index in [1.165, 1.54) is 0 Å². The zero-order valence-corrected chi connectivity index (χ0v) is 11.0. The van der Waals surface area contributed by atoms with Crippen LogP contribution >= 0.6 is 27.5 Å². The third-order valence-corrected chi connectivity index (χ3v) is 3.67. The fourth-order valence-corrected chi connectivity index (χ4v) is 1.97. The van der Waals surface area contributed by atoms with Crippen LogP contribution in [-0.2, 0) is 0 Å². The van der Waals surface area contributed by atoms with Gasteiger partial charge in [-0.05, 0) is 22.0 Å². The highest BCUT2D eigenvalue weighted by molar-refractivity contribution is 9.10. The minimum absolute atomic E-state index is 0.306. The van der Waals surface area contributed by atoms with Crippen LogP contribution in [0.25, 0.3) is 11.1 Å². The zero-order valence-electron chi connectivity index (χ0n) is 8.61. The first-order valence-electron chi connectivity index (χ1n) is 4.74. The van der Waals surface area contributed by atoms with Gasteiger partial charge in [-0.2, -0.15) is 5.26 Å². The maximum atomic E-state index is 9.05. The van der Waals surface area contributed by atoms with Crippen molar-refractivity contribution in [1.29, 1.82) is 5.26 Å². The van der Waals surface area contributed by atoms with Crippen molar-refractivity contribution < 1.29 is 0 Å². The number of halogens is 2. The molecule has 2 rings (SSSR count). The Bertz CT molecular complexity index is 620. The van der Waals surface area contributed by atoms with Crippen LogP contribution in [0, 0.1) is 11.3 Å². The molecule has 0 saturated carbocycles. The minimum Gasteiger partial charge on any atom is -0.397 e. The van der Waals surface area contributed by atoms with Gasteiger partial charge in [0.05, 0.1) is 21.8 Å². The average molecular weight is 309 g/mol. The Morgan fingerprint density at radius 1 is 1.29 bits per heavy atom. The van der Waals surface area contributed by atoms with Crippen LogP contribution in [0.4, 0.5) is 5.69 Å². The Kier molecular flexibility index (Phi) is 3.32. The van der Waals surface area contributed by atoms with Crippen LogP contribution in [0.3, 0.4) is 0 Å². The van der Waals surface area contributed by atoms with Crippen molar-refractivity contribution >= 4 is 33.2 Å². The quantitative estimate of drug-likeness (QED) is 0.818. The van der Waals surface area contributed by atoms with Gasteiger partial charge in [-0.1, -0.05) is 29.8 Å². The second-order valence-corrected chi connectivity index (χ2v) is 4.50. The van der Waals surface area contributed by atoms with E-state index in [0.29, 0.717) is 26.4 Å². The molecule has 0 spiro atoms. The summed E-state index contributed by atoms with van der Waals surface area (Å²) in [6.45, 7) is 0. The highest BCUT2D eigenvalue weighted by atomic mass is 79.9. The standard InChI is InChI=1S/C12H7BrClN3/c13-10-11(16)9(6-17-12(10)14)8-4-2-1-3-7(8)5-15/h1-4,6H,(H2,16,17). The lowest BCUT2D eigenvalue weighted by Gasteiger charge is -2.09. The van der Waals surface area contributed by atoms with Crippen LogP contribution in [0.15, 0.2) is 34.9 Å². The molecule has 0 aliphatic carbocycles. The number of rotatable bonds is 1. The van der Waals surface area contributed by atoms with E-state index in [-0.39, 0.29) is 0 Å². The molecule has 3 nitrogen and oxygen atoms in total. The molecule has 0 fully saturated rings. The molecule has 0 amide bonds. The fraction of sp³-hybridized carbons (Fsp3) is 0. The summed E-state index contributed by atoms with van der Waals surface area (Å²) >= 11 is 9.12. The molecule has 17 heavy (non-hydrogen) atoms. The lowest BCUT2D eigenvalue weighted by molar-refractivity contribution is 1.31. The molecule has 0 atom stereocenters. The van der Waals surface area contributed by atoms with Gasteiger partial charge in [0.1, 0.15) is 5.15 Å². The summed E-state index contributed by atoms with van der Waals surface area (Å²) in [5.41, 5.74) is 8.43.